The van der Waals surface area contributed by atoms with Gasteiger partial charge in [-0.2, -0.15) is 13.2 Å². The van der Waals surface area contributed by atoms with Crippen molar-refractivity contribution in [1.82, 2.24) is 5.32 Å². The Kier molecular flexibility index (Phi) is 3.98. The Balaban J connectivity index is 2.77. The second-order valence-corrected chi connectivity index (χ2v) is 3.86. The minimum atomic E-state index is -4.47. The van der Waals surface area contributed by atoms with Gasteiger partial charge in [0.05, 0.1) is 0 Å². The van der Waals surface area contributed by atoms with Crippen LogP contribution in [0, 0.1) is 17.3 Å². The lowest BCUT2D eigenvalue weighted by Crippen LogP contribution is -2.46. The van der Waals surface area contributed by atoms with Crippen LogP contribution in [0.1, 0.15) is 26.2 Å². The number of nitrogens with one attached hydrogen (secondary N) is 1. The molecule has 90 valence electrons. The summed E-state index contributed by atoms with van der Waals surface area (Å²) >= 11 is 0. The molecule has 2 nitrogen and oxygen atoms in total. The van der Waals surface area contributed by atoms with Crippen LogP contribution in [0.15, 0.2) is 0 Å². The molecule has 1 heterocycles. The first-order valence-corrected chi connectivity index (χ1v) is 5.14. The Morgan fingerprint density at radius 1 is 1.50 bits per heavy atom. The van der Waals surface area contributed by atoms with Crippen molar-refractivity contribution in [2.45, 2.75) is 32.4 Å². The molecule has 16 heavy (non-hydrogen) atoms. The SMILES string of the molecule is CC#CCCC(=O)C1(C(F)(F)F)CCNC1. The molecule has 1 rings (SSSR count). The summed E-state index contributed by atoms with van der Waals surface area (Å²) in [5.41, 5.74) is -2.18. The summed E-state index contributed by atoms with van der Waals surface area (Å²) in [6, 6.07) is 0. The van der Waals surface area contributed by atoms with Crippen molar-refractivity contribution in [2.75, 3.05) is 13.1 Å². The van der Waals surface area contributed by atoms with E-state index in [9.17, 15) is 18.0 Å². The van der Waals surface area contributed by atoms with Gasteiger partial charge in [0.2, 0.25) is 0 Å². The molecule has 0 radical (unpaired) electrons. The predicted octanol–water partition coefficient (Wildman–Crippen LogP) is 1.90. The van der Waals surface area contributed by atoms with Gasteiger partial charge >= 0.3 is 6.18 Å². The molecule has 0 amide bonds. The highest BCUT2D eigenvalue weighted by Gasteiger charge is 2.60. The van der Waals surface area contributed by atoms with E-state index in [1.165, 1.54) is 0 Å². The summed E-state index contributed by atoms with van der Waals surface area (Å²) in [6.07, 6.45) is -4.54. The zero-order valence-corrected chi connectivity index (χ0v) is 9.08. The maximum atomic E-state index is 12.9. The highest BCUT2D eigenvalue weighted by Crippen LogP contribution is 2.44. The van der Waals surface area contributed by atoms with Gasteiger partial charge < -0.3 is 5.32 Å². The van der Waals surface area contributed by atoms with E-state index in [4.69, 9.17) is 0 Å². The molecule has 0 aliphatic carbocycles. The first-order chi connectivity index (χ1) is 7.44. The number of rotatable bonds is 3. The highest BCUT2D eigenvalue weighted by atomic mass is 19.4. The molecule has 0 spiro atoms. The number of hydrogen-bond acceptors (Lipinski definition) is 2. The van der Waals surface area contributed by atoms with Gasteiger partial charge in [-0.25, -0.2) is 0 Å². The molecule has 0 bridgehead atoms. The van der Waals surface area contributed by atoms with Crippen LogP contribution in [0.2, 0.25) is 0 Å². The smallest absolute Gasteiger partial charge is 0.315 e. The van der Waals surface area contributed by atoms with Gasteiger partial charge in [0, 0.05) is 19.4 Å². The number of ketones is 1. The summed E-state index contributed by atoms with van der Waals surface area (Å²) in [5.74, 6) is 4.44. The molecule has 1 N–H and O–H groups in total. The molecule has 1 atom stereocenters. The quantitative estimate of drug-likeness (QED) is 0.754. The van der Waals surface area contributed by atoms with Crippen LogP contribution in [0.3, 0.4) is 0 Å². The molecule has 5 heteroatoms. The number of halogens is 3. The molecular formula is C11H14F3NO. The zero-order valence-electron chi connectivity index (χ0n) is 9.08. The van der Waals surface area contributed by atoms with Gasteiger partial charge in [0.15, 0.2) is 0 Å². The number of alkyl halides is 3. The van der Waals surface area contributed by atoms with E-state index < -0.39 is 17.4 Å². The standard InChI is InChI=1S/C11H14F3NO/c1-2-3-4-5-9(16)10(11(12,13)14)6-7-15-8-10/h15H,4-8H2,1H3. The Morgan fingerprint density at radius 2 is 2.19 bits per heavy atom. The van der Waals surface area contributed by atoms with Crippen molar-refractivity contribution >= 4 is 5.78 Å². The summed E-state index contributed by atoms with van der Waals surface area (Å²) < 4.78 is 38.6. The monoisotopic (exact) mass is 233 g/mol. The van der Waals surface area contributed by atoms with Gasteiger partial charge in [0.25, 0.3) is 0 Å². The zero-order chi connectivity index (χ0) is 12.2. The van der Waals surface area contributed by atoms with E-state index in [0.717, 1.165) is 0 Å². The molecule has 1 aliphatic rings. The van der Waals surface area contributed by atoms with Gasteiger partial charge in [-0.3, -0.25) is 4.79 Å². The molecule has 1 unspecified atom stereocenters. The molecular weight excluding hydrogens is 219 g/mol. The van der Waals surface area contributed by atoms with Crippen LogP contribution in [-0.4, -0.2) is 25.0 Å². The second kappa shape index (κ2) is 4.88. The Morgan fingerprint density at radius 3 is 2.62 bits per heavy atom. The van der Waals surface area contributed by atoms with Crippen molar-refractivity contribution in [2.24, 2.45) is 5.41 Å². The molecule has 1 aliphatic heterocycles. The van der Waals surface area contributed by atoms with Gasteiger partial charge in [-0.15, -0.1) is 11.8 Å². The number of Topliss-reactive ketones (excluding diaryl/α,β-unsaturated/α-hetero) is 1. The van der Waals surface area contributed by atoms with E-state index in [1.54, 1.807) is 6.92 Å². The third-order valence-electron chi connectivity index (χ3n) is 2.89. The Labute approximate surface area is 92.6 Å². The number of carbonyl (C=O) groups excluding carboxylic acids is 1. The first kappa shape index (κ1) is 13.0. The lowest BCUT2D eigenvalue weighted by molar-refractivity contribution is -0.214. The molecule has 0 saturated carbocycles. The topological polar surface area (TPSA) is 29.1 Å². The summed E-state index contributed by atoms with van der Waals surface area (Å²) in [7, 11) is 0. The Hall–Kier alpha value is -1.02. The van der Waals surface area contributed by atoms with Crippen LogP contribution >= 0.6 is 0 Å². The summed E-state index contributed by atoms with van der Waals surface area (Å²) in [6.45, 7) is 1.54. The fourth-order valence-electron chi connectivity index (χ4n) is 1.87. The molecule has 0 aromatic rings. The van der Waals surface area contributed by atoms with Crippen molar-refractivity contribution < 1.29 is 18.0 Å². The maximum absolute atomic E-state index is 12.9. The fraction of sp³-hybridized carbons (Fsp3) is 0.727. The molecule has 0 aromatic heterocycles. The van der Waals surface area contributed by atoms with Crippen LogP contribution in [-0.2, 0) is 4.79 Å². The predicted molar refractivity (Wildman–Crippen MR) is 53.7 cm³/mol. The summed E-state index contributed by atoms with van der Waals surface area (Å²) in [4.78, 5) is 11.7. The second-order valence-electron chi connectivity index (χ2n) is 3.86. The fourth-order valence-corrected chi connectivity index (χ4v) is 1.87. The lowest BCUT2D eigenvalue weighted by atomic mass is 9.80. The third kappa shape index (κ3) is 2.38. The Bertz CT molecular complexity index is 318. The average molecular weight is 233 g/mol. The van der Waals surface area contributed by atoms with E-state index in [2.05, 4.69) is 17.2 Å². The molecule has 1 saturated heterocycles. The summed E-state index contributed by atoms with van der Waals surface area (Å²) in [5, 5.41) is 2.61. The van der Waals surface area contributed by atoms with Crippen LogP contribution in [0.5, 0.6) is 0 Å². The van der Waals surface area contributed by atoms with E-state index in [1.807, 2.05) is 0 Å². The first-order valence-electron chi connectivity index (χ1n) is 5.14. The third-order valence-corrected chi connectivity index (χ3v) is 2.89. The van der Waals surface area contributed by atoms with Crippen LogP contribution < -0.4 is 5.32 Å². The molecule has 0 aromatic carbocycles. The van der Waals surface area contributed by atoms with E-state index in [0.29, 0.717) is 0 Å². The number of hydrogen-bond donors (Lipinski definition) is 1. The largest absolute Gasteiger partial charge is 0.402 e. The van der Waals surface area contributed by atoms with Crippen molar-refractivity contribution in [3.05, 3.63) is 0 Å². The van der Waals surface area contributed by atoms with E-state index >= 15 is 0 Å². The van der Waals surface area contributed by atoms with Crippen molar-refractivity contribution in [1.29, 1.82) is 0 Å². The van der Waals surface area contributed by atoms with Crippen LogP contribution in [0.25, 0.3) is 0 Å². The van der Waals surface area contributed by atoms with Crippen LogP contribution in [0.4, 0.5) is 13.2 Å². The van der Waals surface area contributed by atoms with Gasteiger partial charge in [0.1, 0.15) is 11.2 Å². The molecule has 1 fully saturated rings. The lowest BCUT2D eigenvalue weighted by Gasteiger charge is -2.29. The average Bonchev–Trinajstić information content (AvgIpc) is 2.66. The maximum Gasteiger partial charge on any atom is 0.402 e. The van der Waals surface area contributed by atoms with Crippen molar-refractivity contribution in [3.8, 4) is 11.8 Å². The van der Waals surface area contributed by atoms with E-state index in [-0.39, 0.29) is 32.4 Å². The minimum Gasteiger partial charge on any atom is -0.315 e. The highest BCUT2D eigenvalue weighted by molar-refractivity contribution is 5.86. The van der Waals surface area contributed by atoms with Gasteiger partial charge in [-0.05, 0) is 19.9 Å². The minimum absolute atomic E-state index is 0.123. The van der Waals surface area contributed by atoms with Gasteiger partial charge in [-0.1, -0.05) is 0 Å². The number of carbonyl (C=O) groups is 1. The van der Waals surface area contributed by atoms with Crippen molar-refractivity contribution in [3.63, 3.8) is 0 Å². The normalized spacial score (nSPS) is 25.0.